The number of likely N-dealkylation sites (tertiary alicyclic amines) is 1. The van der Waals surface area contributed by atoms with E-state index in [1.54, 1.807) is 18.2 Å². The SMILES string of the molecule is CC(CN1CCCC(O)C1)C(O)c1ccccc1F. The topological polar surface area (TPSA) is 43.7 Å². The van der Waals surface area contributed by atoms with E-state index in [1.807, 2.05) is 6.92 Å². The van der Waals surface area contributed by atoms with E-state index in [-0.39, 0.29) is 17.8 Å². The number of hydrogen-bond donors (Lipinski definition) is 2. The Morgan fingerprint density at radius 2 is 2.16 bits per heavy atom. The zero-order valence-electron chi connectivity index (χ0n) is 11.3. The molecular weight excluding hydrogens is 245 g/mol. The van der Waals surface area contributed by atoms with Crippen molar-refractivity contribution in [3.05, 3.63) is 35.6 Å². The molecule has 0 radical (unpaired) electrons. The predicted molar refractivity (Wildman–Crippen MR) is 72.2 cm³/mol. The van der Waals surface area contributed by atoms with Crippen LogP contribution in [0.15, 0.2) is 24.3 Å². The van der Waals surface area contributed by atoms with Crippen LogP contribution in [0.5, 0.6) is 0 Å². The molecule has 3 unspecified atom stereocenters. The minimum atomic E-state index is -0.805. The van der Waals surface area contributed by atoms with Crippen LogP contribution in [0.4, 0.5) is 4.39 Å². The number of piperidine rings is 1. The van der Waals surface area contributed by atoms with E-state index in [1.165, 1.54) is 6.07 Å². The first-order valence-electron chi connectivity index (χ1n) is 6.91. The first-order valence-corrected chi connectivity index (χ1v) is 6.91. The lowest BCUT2D eigenvalue weighted by Crippen LogP contribution is -2.41. The average molecular weight is 267 g/mol. The van der Waals surface area contributed by atoms with Gasteiger partial charge >= 0.3 is 0 Å². The van der Waals surface area contributed by atoms with E-state index in [0.29, 0.717) is 18.7 Å². The molecule has 0 bridgehead atoms. The lowest BCUT2D eigenvalue weighted by Gasteiger charge is -2.33. The Labute approximate surface area is 113 Å². The molecule has 1 aliphatic heterocycles. The Bertz CT molecular complexity index is 413. The summed E-state index contributed by atoms with van der Waals surface area (Å²) >= 11 is 0. The normalized spacial score (nSPS) is 24.1. The molecule has 0 saturated carbocycles. The minimum absolute atomic E-state index is 0.0674. The van der Waals surface area contributed by atoms with Crippen LogP contribution in [-0.2, 0) is 0 Å². The Balaban J connectivity index is 1.95. The van der Waals surface area contributed by atoms with Gasteiger partial charge in [0.05, 0.1) is 12.2 Å². The molecule has 0 aromatic heterocycles. The van der Waals surface area contributed by atoms with Crippen LogP contribution in [0.1, 0.15) is 31.4 Å². The third-order valence-corrected chi connectivity index (χ3v) is 3.79. The summed E-state index contributed by atoms with van der Waals surface area (Å²) in [5.74, 6) is -0.428. The molecule has 2 N–H and O–H groups in total. The van der Waals surface area contributed by atoms with Crippen LogP contribution in [-0.4, -0.2) is 40.9 Å². The molecule has 1 heterocycles. The fraction of sp³-hybridized carbons (Fsp3) is 0.600. The summed E-state index contributed by atoms with van der Waals surface area (Å²) in [5.41, 5.74) is 0.354. The number of aliphatic hydroxyl groups is 2. The van der Waals surface area contributed by atoms with Crippen molar-refractivity contribution in [1.29, 1.82) is 0 Å². The second-order valence-corrected chi connectivity index (χ2v) is 5.50. The predicted octanol–water partition coefficient (Wildman–Crippen LogP) is 1.95. The number of aliphatic hydroxyl groups excluding tert-OH is 2. The van der Waals surface area contributed by atoms with Gasteiger partial charge in [0.2, 0.25) is 0 Å². The molecule has 0 aliphatic carbocycles. The molecule has 1 saturated heterocycles. The van der Waals surface area contributed by atoms with E-state index in [4.69, 9.17) is 0 Å². The van der Waals surface area contributed by atoms with Crippen LogP contribution < -0.4 is 0 Å². The highest BCUT2D eigenvalue weighted by atomic mass is 19.1. The third kappa shape index (κ3) is 3.75. The van der Waals surface area contributed by atoms with Crippen molar-refractivity contribution < 1.29 is 14.6 Å². The number of benzene rings is 1. The van der Waals surface area contributed by atoms with Gasteiger partial charge < -0.3 is 15.1 Å². The maximum absolute atomic E-state index is 13.6. The monoisotopic (exact) mass is 267 g/mol. The molecule has 3 atom stereocenters. The lowest BCUT2D eigenvalue weighted by atomic mass is 9.95. The lowest BCUT2D eigenvalue weighted by molar-refractivity contribution is 0.0369. The molecule has 1 aromatic carbocycles. The van der Waals surface area contributed by atoms with Crippen LogP contribution in [0.2, 0.25) is 0 Å². The van der Waals surface area contributed by atoms with Crippen molar-refractivity contribution >= 4 is 0 Å². The van der Waals surface area contributed by atoms with E-state index in [2.05, 4.69) is 4.90 Å². The third-order valence-electron chi connectivity index (χ3n) is 3.79. The van der Waals surface area contributed by atoms with E-state index in [9.17, 15) is 14.6 Å². The minimum Gasteiger partial charge on any atom is -0.392 e. The first kappa shape index (κ1) is 14.4. The van der Waals surface area contributed by atoms with Crippen molar-refractivity contribution in [3.8, 4) is 0 Å². The summed E-state index contributed by atoms with van der Waals surface area (Å²) in [4.78, 5) is 2.14. The van der Waals surface area contributed by atoms with Crippen molar-refractivity contribution in [2.75, 3.05) is 19.6 Å². The van der Waals surface area contributed by atoms with Crippen molar-refractivity contribution in [3.63, 3.8) is 0 Å². The molecule has 0 amide bonds. The summed E-state index contributed by atoms with van der Waals surface area (Å²) in [6, 6.07) is 6.35. The maximum Gasteiger partial charge on any atom is 0.129 e. The van der Waals surface area contributed by atoms with Gasteiger partial charge in [-0.25, -0.2) is 4.39 Å². The van der Waals surface area contributed by atoms with Gasteiger partial charge in [-0.3, -0.25) is 0 Å². The van der Waals surface area contributed by atoms with Gasteiger partial charge in [0, 0.05) is 18.7 Å². The van der Waals surface area contributed by atoms with Gasteiger partial charge in [-0.05, 0) is 31.4 Å². The first-order chi connectivity index (χ1) is 9.08. The van der Waals surface area contributed by atoms with Gasteiger partial charge in [-0.1, -0.05) is 25.1 Å². The van der Waals surface area contributed by atoms with E-state index >= 15 is 0 Å². The summed E-state index contributed by atoms with van der Waals surface area (Å²) in [6.45, 7) is 4.17. The molecule has 1 aliphatic rings. The van der Waals surface area contributed by atoms with Crippen LogP contribution in [0, 0.1) is 11.7 Å². The quantitative estimate of drug-likeness (QED) is 0.876. The molecule has 1 fully saturated rings. The number of hydrogen-bond acceptors (Lipinski definition) is 3. The summed E-state index contributed by atoms with van der Waals surface area (Å²) < 4.78 is 13.6. The van der Waals surface area contributed by atoms with Crippen LogP contribution in [0.25, 0.3) is 0 Å². The van der Waals surface area contributed by atoms with Gasteiger partial charge in [-0.2, -0.15) is 0 Å². The van der Waals surface area contributed by atoms with Gasteiger partial charge in [0.1, 0.15) is 5.82 Å². The smallest absolute Gasteiger partial charge is 0.129 e. The summed E-state index contributed by atoms with van der Waals surface area (Å²) in [6.07, 6.45) is 0.747. The Kier molecular flexibility index (Phi) is 4.91. The highest BCUT2D eigenvalue weighted by Gasteiger charge is 2.24. The Hall–Kier alpha value is -0.970. The zero-order valence-corrected chi connectivity index (χ0v) is 11.3. The fourth-order valence-electron chi connectivity index (χ4n) is 2.73. The van der Waals surface area contributed by atoms with Crippen molar-refractivity contribution in [2.45, 2.75) is 32.0 Å². The van der Waals surface area contributed by atoms with Crippen molar-refractivity contribution in [1.82, 2.24) is 4.90 Å². The molecule has 0 spiro atoms. The number of β-amino-alcohol motifs (C(OH)–C–C–N with tert-alkyl or cyclic N) is 1. The molecule has 4 heteroatoms. The molecule has 1 aromatic rings. The average Bonchev–Trinajstić information content (AvgIpc) is 2.38. The largest absolute Gasteiger partial charge is 0.392 e. The van der Waals surface area contributed by atoms with Gasteiger partial charge in [-0.15, -0.1) is 0 Å². The molecule has 19 heavy (non-hydrogen) atoms. The van der Waals surface area contributed by atoms with Crippen LogP contribution in [0.3, 0.4) is 0 Å². The number of nitrogens with zero attached hydrogens (tertiary/aromatic N) is 1. The molecule has 2 rings (SSSR count). The fourth-order valence-corrected chi connectivity index (χ4v) is 2.73. The second-order valence-electron chi connectivity index (χ2n) is 5.50. The summed E-state index contributed by atoms with van der Waals surface area (Å²) in [7, 11) is 0. The van der Waals surface area contributed by atoms with Gasteiger partial charge in [0.25, 0.3) is 0 Å². The van der Waals surface area contributed by atoms with E-state index in [0.717, 1.165) is 19.4 Å². The molecule has 3 nitrogen and oxygen atoms in total. The standard InChI is InChI=1S/C15H22FNO2/c1-11(9-17-8-4-5-12(18)10-17)15(19)13-6-2-3-7-14(13)16/h2-3,6-7,11-12,15,18-19H,4-5,8-10H2,1H3. The highest BCUT2D eigenvalue weighted by molar-refractivity contribution is 5.20. The Morgan fingerprint density at radius 1 is 1.42 bits per heavy atom. The molecule has 106 valence electrons. The summed E-state index contributed by atoms with van der Waals surface area (Å²) in [5, 5.41) is 19.9. The van der Waals surface area contributed by atoms with E-state index < -0.39 is 6.10 Å². The Morgan fingerprint density at radius 3 is 2.84 bits per heavy atom. The molecular formula is C15H22FNO2. The van der Waals surface area contributed by atoms with Crippen LogP contribution >= 0.6 is 0 Å². The number of halogens is 1. The second kappa shape index (κ2) is 6.46. The maximum atomic E-state index is 13.6. The zero-order chi connectivity index (χ0) is 13.8. The van der Waals surface area contributed by atoms with Crippen molar-refractivity contribution in [2.24, 2.45) is 5.92 Å². The highest BCUT2D eigenvalue weighted by Crippen LogP contribution is 2.25. The van der Waals surface area contributed by atoms with Gasteiger partial charge in [0.15, 0.2) is 0 Å². The number of rotatable bonds is 4.